The first-order chi connectivity index (χ1) is 14.7. The maximum absolute atomic E-state index is 13.1. The number of carboxylic acid groups (broad SMARTS) is 1. The summed E-state index contributed by atoms with van der Waals surface area (Å²) in [6, 6.07) is -0.0566. The maximum Gasteiger partial charge on any atom is 0.417 e. The summed E-state index contributed by atoms with van der Waals surface area (Å²) in [6.07, 6.45) is 12.5. The zero-order chi connectivity index (χ0) is 22.4. The Balaban J connectivity index is 1.73. The number of nitrogens with zero attached hydrogens (tertiary/aromatic N) is 4. The van der Waals surface area contributed by atoms with E-state index >= 15 is 0 Å². The van der Waals surface area contributed by atoms with Crippen LogP contribution in [0.2, 0.25) is 0 Å². The highest BCUT2D eigenvalue weighted by Crippen LogP contribution is 2.28. The largest absolute Gasteiger partial charge is 0.478 e. The van der Waals surface area contributed by atoms with Crippen LogP contribution in [0.3, 0.4) is 0 Å². The highest BCUT2D eigenvalue weighted by Gasteiger charge is 2.36. The number of aliphatic carboxylic acids is 1. The number of aromatic nitrogens is 2. The summed E-state index contributed by atoms with van der Waals surface area (Å²) in [7, 11) is 0. The average molecular weight is 431 g/mol. The molecule has 1 aromatic rings. The lowest BCUT2D eigenvalue weighted by Gasteiger charge is -2.31. The Morgan fingerprint density at radius 1 is 1.19 bits per heavy atom. The summed E-state index contributed by atoms with van der Waals surface area (Å²) in [5, 5.41) is 8.78. The number of anilines is 1. The molecular formula is C23H34N4O4. The molecule has 1 saturated heterocycles. The molecule has 0 spiro atoms. The molecule has 0 radical (unpaired) electrons. The molecule has 8 nitrogen and oxygen atoms in total. The normalized spacial score (nSPS) is 20.8. The van der Waals surface area contributed by atoms with Gasteiger partial charge in [-0.2, -0.15) is 0 Å². The summed E-state index contributed by atoms with van der Waals surface area (Å²) < 4.78 is 5.66. The highest BCUT2D eigenvalue weighted by molar-refractivity contribution is 5.87. The summed E-state index contributed by atoms with van der Waals surface area (Å²) in [5.41, 5.74) is -0.0690. The average Bonchev–Trinajstić information content (AvgIpc) is 3.14. The van der Waals surface area contributed by atoms with E-state index in [0.717, 1.165) is 38.0 Å². The molecule has 0 aromatic carbocycles. The van der Waals surface area contributed by atoms with Gasteiger partial charge in [0.1, 0.15) is 5.60 Å². The van der Waals surface area contributed by atoms with Crippen molar-refractivity contribution in [1.29, 1.82) is 0 Å². The SMILES string of the molecule is CC(C)(C)OC(=O)N(c1ncc(C=CC(=O)O)cn1)[C@@H]1CCN(CC2CCCCC2)C1. The van der Waals surface area contributed by atoms with Crippen molar-refractivity contribution in [3.05, 3.63) is 24.0 Å². The third-order valence-corrected chi connectivity index (χ3v) is 5.74. The number of likely N-dealkylation sites (tertiary alicyclic amines) is 1. The third-order valence-electron chi connectivity index (χ3n) is 5.74. The third kappa shape index (κ3) is 7.02. The first kappa shape index (κ1) is 23.2. The molecule has 2 heterocycles. The van der Waals surface area contributed by atoms with Gasteiger partial charge in [0.25, 0.3) is 0 Å². The van der Waals surface area contributed by atoms with E-state index in [1.54, 1.807) is 4.90 Å². The van der Waals surface area contributed by atoms with Crippen molar-refractivity contribution in [3.8, 4) is 0 Å². The van der Waals surface area contributed by atoms with E-state index in [2.05, 4.69) is 14.9 Å². The van der Waals surface area contributed by atoms with Crippen LogP contribution in [-0.2, 0) is 9.53 Å². The highest BCUT2D eigenvalue weighted by atomic mass is 16.6. The minimum Gasteiger partial charge on any atom is -0.478 e. The number of rotatable bonds is 6. The van der Waals surface area contributed by atoms with Gasteiger partial charge in [-0.25, -0.2) is 24.5 Å². The van der Waals surface area contributed by atoms with Crippen molar-refractivity contribution in [2.24, 2.45) is 5.92 Å². The van der Waals surface area contributed by atoms with Gasteiger partial charge in [-0.15, -0.1) is 0 Å². The molecular weight excluding hydrogens is 396 g/mol. The molecule has 1 amide bonds. The van der Waals surface area contributed by atoms with Crippen LogP contribution in [0.4, 0.5) is 10.7 Å². The zero-order valence-corrected chi connectivity index (χ0v) is 18.8. The Hall–Kier alpha value is -2.48. The van der Waals surface area contributed by atoms with Gasteiger partial charge in [-0.05, 0) is 52.0 Å². The fraction of sp³-hybridized carbons (Fsp3) is 0.652. The van der Waals surface area contributed by atoms with E-state index in [-0.39, 0.29) is 12.0 Å². The number of carbonyl (C=O) groups is 2. The second-order valence-corrected chi connectivity index (χ2v) is 9.54. The lowest BCUT2D eigenvalue weighted by Crippen LogP contribution is -2.46. The van der Waals surface area contributed by atoms with Gasteiger partial charge in [0.05, 0.1) is 6.04 Å². The van der Waals surface area contributed by atoms with Crippen molar-refractivity contribution < 1.29 is 19.4 Å². The van der Waals surface area contributed by atoms with Crippen LogP contribution in [-0.4, -0.2) is 63.3 Å². The molecule has 1 atom stereocenters. The van der Waals surface area contributed by atoms with Crippen molar-refractivity contribution >= 4 is 24.1 Å². The number of carboxylic acids is 1. The van der Waals surface area contributed by atoms with E-state index < -0.39 is 17.7 Å². The Kier molecular flexibility index (Phi) is 7.64. The molecule has 31 heavy (non-hydrogen) atoms. The monoisotopic (exact) mass is 430 g/mol. The van der Waals surface area contributed by atoms with E-state index in [4.69, 9.17) is 9.84 Å². The van der Waals surface area contributed by atoms with Gasteiger partial charge in [0.15, 0.2) is 0 Å². The smallest absolute Gasteiger partial charge is 0.417 e. The summed E-state index contributed by atoms with van der Waals surface area (Å²) >= 11 is 0. The first-order valence-electron chi connectivity index (χ1n) is 11.2. The molecule has 1 aromatic heterocycles. The Bertz CT molecular complexity index is 782. The van der Waals surface area contributed by atoms with Crippen LogP contribution >= 0.6 is 0 Å². The molecule has 0 bridgehead atoms. The molecule has 1 aliphatic carbocycles. The molecule has 2 aliphatic rings. The summed E-state index contributed by atoms with van der Waals surface area (Å²) in [5.74, 6) is -0.00579. The summed E-state index contributed by atoms with van der Waals surface area (Å²) in [6.45, 7) is 8.33. The minimum atomic E-state index is -1.04. The molecule has 1 N–H and O–H groups in total. The molecule has 1 saturated carbocycles. The van der Waals surface area contributed by atoms with Crippen molar-refractivity contribution in [2.45, 2.75) is 70.9 Å². The van der Waals surface area contributed by atoms with Gasteiger partial charge in [-0.3, -0.25) is 0 Å². The van der Waals surface area contributed by atoms with Crippen LogP contribution in [0.25, 0.3) is 6.08 Å². The molecule has 0 unspecified atom stereocenters. The molecule has 1 aliphatic heterocycles. The van der Waals surface area contributed by atoms with Gasteiger partial charge in [0, 0.05) is 43.7 Å². The van der Waals surface area contributed by atoms with Crippen LogP contribution in [0, 0.1) is 5.92 Å². The van der Waals surface area contributed by atoms with Crippen molar-refractivity contribution in [3.63, 3.8) is 0 Å². The maximum atomic E-state index is 13.1. The minimum absolute atomic E-state index is 0.0566. The van der Waals surface area contributed by atoms with E-state index in [9.17, 15) is 9.59 Å². The Morgan fingerprint density at radius 2 is 1.87 bits per heavy atom. The molecule has 170 valence electrons. The lowest BCUT2D eigenvalue weighted by molar-refractivity contribution is -0.131. The quantitative estimate of drug-likeness (QED) is 0.682. The van der Waals surface area contributed by atoms with Crippen molar-refractivity contribution in [1.82, 2.24) is 14.9 Å². The standard InChI is InChI=1S/C23H34N4O4/c1-23(2,3)31-22(30)27(21-24-13-18(14-25-21)9-10-20(28)29)19-11-12-26(16-19)15-17-7-5-4-6-8-17/h9-10,13-14,17,19H,4-8,11-12,15-16H2,1-3H3,(H,28,29)/t19-/m1/s1. The number of ether oxygens (including phenoxy) is 1. The Labute approximate surface area is 184 Å². The predicted octanol–water partition coefficient (Wildman–Crippen LogP) is 3.97. The number of carbonyl (C=O) groups excluding carboxylic acids is 1. The van der Waals surface area contributed by atoms with Gasteiger partial charge < -0.3 is 14.7 Å². The zero-order valence-electron chi connectivity index (χ0n) is 18.8. The number of amides is 1. The number of hydrogen-bond acceptors (Lipinski definition) is 6. The van der Waals surface area contributed by atoms with Gasteiger partial charge >= 0.3 is 12.1 Å². The molecule has 2 fully saturated rings. The van der Waals surface area contributed by atoms with E-state index in [1.807, 2.05) is 20.8 Å². The van der Waals surface area contributed by atoms with Crippen LogP contribution in [0.15, 0.2) is 18.5 Å². The second kappa shape index (κ2) is 10.2. The van der Waals surface area contributed by atoms with Gasteiger partial charge in [0.2, 0.25) is 5.95 Å². The van der Waals surface area contributed by atoms with Crippen LogP contribution < -0.4 is 4.90 Å². The summed E-state index contributed by atoms with van der Waals surface area (Å²) in [4.78, 5) is 36.5. The fourth-order valence-electron chi connectivity index (χ4n) is 4.34. The first-order valence-corrected chi connectivity index (χ1v) is 11.2. The Morgan fingerprint density at radius 3 is 2.48 bits per heavy atom. The second-order valence-electron chi connectivity index (χ2n) is 9.54. The van der Waals surface area contributed by atoms with Gasteiger partial charge in [-0.1, -0.05) is 19.3 Å². The molecule has 8 heteroatoms. The van der Waals surface area contributed by atoms with Crippen LogP contribution in [0.5, 0.6) is 0 Å². The van der Waals surface area contributed by atoms with E-state index in [0.29, 0.717) is 5.56 Å². The topological polar surface area (TPSA) is 95.9 Å². The predicted molar refractivity (Wildman–Crippen MR) is 119 cm³/mol. The number of hydrogen-bond donors (Lipinski definition) is 1. The molecule has 3 rings (SSSR count). The van der Waals surface area contributed by atoms with Crippen molar-refractivity contribution in [2.75, 3.05) is 24.5 Å². The fourth-order valence-corrected chi connectivity index (χ4v) is 4.34. The van der Waals surface area contributed by atoms with E-state index in [1.165, 1.54) is 50.6 Å². The van der Waals surface area contributed by atoms with Crippen LogP contribution in [0.1, 0.15) is 64.9 Å². The lowest BCUT2D eigenvalue weighted by atomic mass is 9.89.